The number of nitrogens with one attached hydrogen (secondary N) is 1. The van der Waals surface area contributed by atoms with Crippen molar-refractivity contribution in [2.75, 3.05) is 11.1 Å². The molecule has 0 radical (unpaired) electrons. The number of nitriles is 1. The van der Waals surface area contributed by atoms with E-state index in [1.165, 1.54) is 12.1 Å². The van der Waals surface area contributed by atoms with Crippen molar-refractivity contribution in [2.45, 2.75) is 20.0 Å². The molecular weight excluding hydrogens is 269 g/mol. The number of rotatable bonds is 4. The van der Waals surface area contributed by atoms with Gasteiger partial charge in [-0.3, -0.25) is 0 Å². The summed E-state index contributed by atoms with van der Waals surface area (Å²) >= 11 is 0. The van der Waals surface area contributed by atoms with Gasteiger partial charge in [0, 0.05) is 17.8 Å². The molecule has 2 aromatic carbocycles. The van der Waals surface area contributed by atoms with Crippen LogP contribution in [0, 0.1) is 17.1 Å². The van der Waals surface area contributed by atoms with Crippen LogP contribution in [0.3, 0.4) is 0 Å². The SMILES string of the molecule is CC(C)Oc1cc(Nc2ccc(C#N)cc2)c(N)cc1F. The normalized spacial score (nSPS) is 10.2. The quantitative estimate of drug-likeness (QED) is 0.838. The number of halogens is 1. The number of nitrogens with zero attached hydrogens (tertiary/aromatic N) is 1. The van der Waals surface area contributed by atoms with Gasteiger partial charge in [-0.05, 0) is 38.1 Å². The number of nitrogens with two attached hydrogens (primary N) is 1. The van der Waals surface area contributed by atoms with E-state index in [-0.39, 0.29) is 17.5 Å². The molecule has 21 heavy (non-hydrogen) atoms. The van der Waals surface area contributed by atoms with E-state index in [0.29, 0.717) is 11.3 Å². The molecule has 0 aliphatic rings. The standard InChI is InChI=1S/C16H16FN3O/c1-10(2)21-16-8-15(14(19)7-13(16)17)20-12-5-3-11(9-18)4-6-12/h3-8,10,20H,19H2,1-2H3. The summed E-state index contributed by atoms with van der Waals surface area (Å²) in [4.78, 5) is 0. The summed E-state index contributed by atoms with van der Waals surface area (Å²) in [6.45, 7) is 3.65. The van der Waals surface area contributed by atoms with Crippen LogP contribution >= 0.6 is 0 Å². The van der Waals surface area contributed by atoms with Gasteiger partial charge in [-0.15, -0.1) is 0 Å². The summed E-state index contributed by atoms with van der Waals surface area (Å²) in [5.74, 6) is -0.345. The zero-order valence-corrected chi connectivity index (χ0v) is 11.9. The lowest BCUT2D eigenvalue weighted by molar-refractivity contribution is 0.231. The van der Waals surface area contributed by atoms with E-state index >= 15 is 0 Å². The van der Waals surface area contributed by atoms with Crippen molar-refractivity contribution >= 4 is 17.1 Å². The fourth-order valence-corrected chi connectivity index (χ4v) is 1.80. The van der Waals surface area contributed by atoms with Gasteiger partial charge in [0.15, 0.2) is 11.6 Å². The van der Waals surface area contributed by atoms with Crippen LogP contribution in [0.1, 0.15) is 19.4 Å². The average Bonchev–Trinajstić information content (AvgIpc) is 2.44. The third-order valence-electron chi connectivity index (χ3n) is 2.76. The van der Waals surface area contributed by atoms with Crippen molar-refractivity contribution in [1.82, 2.24) is 0 Å². The number of ether oxygens (including phenoxy) is 1. The summed E-state index contributed by atoms with van der Waals surface area (Å²) in [7, 11) is 0. The van der Waals surface area contributed by atoms with E-state index in [4.69, 9.17) is 15.7 Å². The van der Waals surface area contributed by atoms with Crippen molar-refractivity contribution < 1.29 is 9.13 Å². The van der Waals surface area contributed by atoms with Gasteiger partial charge in [0.25, 0.3) is 0 Å². The van der Waals surface area contributed by atoms with Crippen molar-refractivity contribution in [2.24, 2.45) is 0 Å². The van der Waals surface area contributed by atoms with Gasteiger partial charge in [0.2, 0.25) is 0 Å². The molecule has 0 spiro atoms. The van der Waals surface area contributed by atoms with Crippen LogP contribution in [0.15, 0.2) is 36.4 Å². The third kappa shape index (κ3) is 3.63. The lowest BCUT2D eigenvalue weighted by atomic mass is 10.2. The summed E-state index contributed by atoms with van der Waals surface area (Å²) in [6, 6.07) is 11.7. The fraction of sp³-hybridized carbons (Fsp3) is 0.188. The summed E-state index contributed by atoms with van der Waals surface area (Å²) in [5, 5.41) is 11.8. The van der Waals surface area contributed by atoms with Gasteiger partial charge < -0.3 is 15.8 Å². The Morgan fingerprint density at radius 1 is 1.24 bits per heavy atom. The Labute approximate surface area is 123 Å². The van der Waals surface area contributed by atoms with Crippen LogP contribution in [0.25, 0.3) is 0 Å². The Hall–Kier alpha value is -2.74. The maximum absolute atomic E-state index is 13.8. The molecule has 4 nitrogen and oxygen atoms in total. The van der Waals surface area contributed by atoms with Crippen LogP contribution in [-0.4, -0.2) is 6.10 Å². The van der Waals surface area contributed by atoms with E-state index in [0.717, 1.165) is 5.69 Å². The summed E-state index contributed by atoms with van der Waals surface area (Å²) in [6.07, 6.45) is -0.133. The van der Waals surface area contributed by atoms with Crippen LogP contribution < -0.4 is 15.8 Å². The molecule has 2 aromatic rings. The molecule has 0 heterocycles. The predicted molar refractivity (Wildman–Crippen MR) is 81.0 cm³/mol. The van der Waals surface area contributed by atoms with Gasteiger partial charge in [0.05, 0.1) is 29.1 Å². The second kappa shape index (κ2) is 6.14. The first kappa shape index (κ1) is 14.7. The molecule has 108 valence electrons. The molecule has 0 fully saturated rings. The number of anilines is 3. The molecule has 0 amide bonds. The smallest absolute Gasteiger partial charge is 0.167 e. The second-order valence-electron chi connectivity index (χ2n) is 4.85. The molecule has 0 unspecified atom stereocenters. The number of hydrogen-bond acceptors (Lipinski definition) is 4. The first-order valence-electron chi connectivity index (χ1n) is 6.52. The molecular formula is C16H16FN3O. The van der Waals surface area contributed by atoms with E-state index in [1.54, 1.807) is 24.3 Å². The number of nitrogen functional groups attached to an aromatic ring is 1. The van der Waals surface area contributed by atoms with Crippen LogP contribution in [0.4, 0.5) is 21.5 Å². The highest BCUT2D eigenvalue weighted by molar-refractivity contribution is 5.74. The Bertz CT molecular complexity index is 675. The minimum atomic E-state index is -0.494. The van der Waals surface area contributed by atoms with Crippen molar-refractivity contribution in [1.29, 1.82) is 5.26 Å². The maximum Gasteiger partial charge on any atom is 0.167 e. The zero-order valence-electron chi connectivity index (χ0n) is 11.9. The Kier molecular flexibility index (Phi) is 4.29. The highest BCUT2D eigenvalue weighted by atomic mass is 19.1. The Morgan fingerprint density at radius 2 is 1.90 bits per heavy atom. The third-order valence-corrected chi connectivity index (χ3v) is 2.76. The van der Waals surface area contributed by atoms with E-state index in [2.05, 4.69) is 5.32 Å². The Balaban J connectivity index is 2.28. The monoisotopic (exact) mass is 285 g/mol. The largest absolute Gasteiger partial charge is 0.488 e. The van der Waals surface area contributed by atoms with Crippen LogP contribution in [0.5, 0.6) is 5.75 Å². The molecule has 3 N–H and O–H groups in total. The second-order valence-corrected chi connectivity index (χ2v) is 4.85. The molecule has 0 saturated heterocycles. The van der Waals surface area contributed by atoms with Gasteiger partial charge in [-0.1, -0.05) is 0 Å². The topological polar surface area (TPSA) is 71.1 Å². The minimum absolute atomic E-state index is 0.133. The van der Waals surface area contributed by atoms with E-state index in [9.17, 15) is 4.39 Å². The fourth-order valence-electron chi connectivity index (χ4n) is 1.80. The first-order chi connectivity index (χ1) is 9.99. The van der Waals surface area contributed by atoms with Crippen molar-refractivity contribution in [3.8, 4) is 11.8 Å². The van der Waals surface area contributed by atoms with E-state index < -0.39 is 5.82 Å². The molecule has 0 bridgehead atoms. The predicted octanol–water partition coefficient (Wildman–Crippen LogP) is 3.81. The highest BCUT2D eigenvalue weighted by Gasteiger charge is 2.11. The molecule has 0 atom stereocenters. The van der Waals surface area contributed by atoms with Crippen LogP contribution in [0.2, 0.25) is 0 Å². The maximum atomic E-state index is 13.8. The molecule has 0 saturated carbocycles. The van der Waals surface area contributed by atoms with Crippen molar-refractivity contribution in [3.05, 3.63) is 47.8 Å². The van der Waals surface area contributed by atoms with Crippen molar-refractivity contribution in [3.63, 3.8) is 0 Å². The number of hydrogen-bond donors (Lipinski definition) is 2. The van der Waals surface area contributed by atoms with Crippen LogP contribution in [-0.2, 0) is 0 Å². The van der Waals surface area contributed by atoms with Gasteiger partial charge >= 0.3 is 0 Å². The number of benzene rings is 2. The Morgan fingerprint density at radius 3 is 2.48 bits per heavy atom. The molecule has 0 aromatic heterocycles. The van der Waals surface area contributed by atoms with Gasteiger partial charge in [-0.25, -0.2) is 4.39 Å². The molecule has 0 aliphatic carbocycles. The molecule has 2 rings (SSSR count). The molecule has 0 aliphatic heterocycles. The average molecular weight is 285 g/mol. The van der Waals surface area contributed by atoms with E-state index in [1.807, 2.05) is 19.9 Å². The lowest BCUT2D eigenvalue weighted by Crippen LogP contribution is -2.08. The minimum Gasteiger partial charge on any atom is -0.488 e. The summed E-state index contributed by atoms with van der Waals surface area (Å²) < 4.78 is 19.2. The van der Waals surface area contributed by atoms with Gasteiger partial charge in [-0.2, -0.15) is 5.26 Å². The first-order valence-corrected chi connectivity index (χ1v) is 6.52. The highest BCUT2D eigenvalue weighted by Crippen LogP contribution is 2.31. The lowest BCUT2D eigenvalue weighted by Gasteiger charge is -2.15. The molecule has 5 heteroatoms. The summed E-state index contributed by atoms with van der Waals surface area (Å²) in [5.41, 5.74) is 7.97. The van der Waals surface area contributed by atoms with Gasteiger partial charge in [0.1, 0.15) is 0 Å². The zero-order chi connectivity index (χ0) is 15.4.